The molecule has 0 heterocycles. The van der Waals surface area contributed by atoms with Crippen molar-refractivity contribution in [2.45, 2.75) is 25.5 Å². The third kappa shape index (κ3) is 5.29. The monoisotopic (exact) mass is 188 g/mol. The van der Waals surface area contributed by atoms with E-state index in [1.165, 1.54) is 0 Å². The van der Waals surface area contributed by atoms with Crippen molar-refractivity contribution >= 4 is 7.85 Å². The smallest absolute Gasteiger partial charge is 0.139 e. The summed E-state index contributed by atoms with van der Waals surface area (Å²) < 4.78 is 15.6. The lowest BCUT2D eigenvalue weighted by atomic mass is 9.89. The molecule has 4 heteroatoms. The van der Waals surface area contributed by atoms with E-state index in [1.807, 2.05) is 7.85 Å². The minimum Gasteiger partial charge on any atom is -0.390 e. The number of hydrogen-bond donors (Lipinski definition) is 0. The normalized spacial score (nSPS) is 18.2. The minimum absolute atomic E-state index is 0.217. The first-order valence-electron chi connectivity index (χ1n) is 4.70. The summed E-state index contributed by atoms with van der Waals surface area (Å²) in [5, 5.41) is 0. The van der Waals surface area contributed by atoms with Gasteiger partial charge in [0.15, 0.2) is 0 Å². The molecule has 0 spiro atoms. The number of methoxy groups -OCH3 is 3. The Labute approximate surface area is 82.2 Å². The second-order valence-corrected chi connectivity index (χ2v) is 3.49. The molecule has 0 N–H and O–H groups in total. The van der Waals surface area contributed by atoms with Crippen molar-refractivity contribution in [2.24, 2.45) is 5.92 Å². The molecule has 13 heavy (non-hydrogen) atoms. The summed E-state index contributed by atoms with van der Waals surface area (Å²) in [7, 11) is 7.21. The molecule has 0 aliphatic carbocycles. The van der Waals surface area contributed by atoms with E-state index in [-0.39, 0.29) is 12.1 Å². The Bertz CT molecular complexity index is 121. The van der Waals surface area contributed by atoms with Crippen LogP contribution in [0.2, 0.25) is 0 Å². The van der Waals surface area contributed by atoms with Gasteiger partial charge in [0.25, 0.3) is 0 Å². The van der Waals surface area contributed by atoms with Crippen molar-refractivity contribution in [1.29, 1.82) is 0 Å². The van der Waals surface area contributed by atoms with Gasteiger partial charge in [-0.25, -0.2) is 0 Å². The molecule has 0 rings (SSSR count). The predicted octanol–water partition coefficient (Wildman–Crippen LogP) is 0.280. The molecule has 0 saturated carbocycles. The van der Waals surface area contributed by atoms with E-state index in [2.05, 4.69) is 6.92 Å². The van der Waals surface area contributed by atoms with Crippen LogP contribution in [0, 0.1) is 5.92 Å². The van der Waals surface area contributed by atoms with Crippen LogP contribution in [0.5, 0.6) is 0 Å². The lowest BCUT2D eigenvalue weighted by molar-refractivity contribution is -0.00376. The Hall–Kier alpha value is -0.0551. The van der Waals surface area contributed by atoms with E-state index >= 15 is 0 Å². The van der Waals surface area contributed by atoms with Crippen LogP contribution in [0.25, 0.3) is 0 Å². The second-order valence-electron chi connectivity index (χ2n) is 3.49. The molecule has 0 radical (unpaired) electrons. The third-order valence-electron chi connectivity index (χ3n) is 2.33. The third-order valence-corrected chi connectivity index (χ3v) is 2.33. The fourth-order valence-electron chi connectivity index (χ4n) is 1.35. The Morgan fingerprint density at radius 1 is 1.15 bits per heavy atom. The zero-order chi connectivity index (χ0) is 10.3. The maximum atomic E-state index is 5.38. The molecule has 0 saturated heterocycles. The average molecular weight is 188 g/mol. The summed E-state index contributed by atoms with van der Waals surface area (Å²) in [6.07, 6.45) is 1.13. The molecule has 0 aliphatic heterocycles. The molecule has 78 valence electrons. The quantitative estimate of drug-likeness (QED) is 0.537. The van der Waals surface area contributed by atoms with Gasteiger partial charge in [0.2, 0.25) is 0 Å². The second kappa shape index (κ2) is 7.36. The van der Waals surface area contributed by atoms with Gasteiger partial charge in [-0.2, -0.15) is 0 Å². The zero-order valence-electron chi connectivity index (χ0n) is 9.37. The van der Waals surface area contributed by atoms with Crippen molar-refractivity contribution in [3.63, 3.8) is 0 Å². The van der Waals surface area contributed by atoms with Gasteiger partial charge in [-0.3, -0.25) is 0 Å². The first-order valence-corrected chi connectivity index (χ1v) is 4.70. The maximum absolute atomic E-state index is 5.38. The molecule has 0 aromatic heterocycles. The molecule has 1 unspecified atom stereocenters. The van der Waals surface area contributed by atoms with Crippen LogP contribution >= 0.6 is 0 Å². The van der Waals surface area contributed by atoms with Gasteiger partial charge in [0.05, 0.1) is 12.7 Å². The number of ether oxygens (including phenoxy) is 3. The van der Waals surface area contributed by atoms with Gasteiger partial charge in [-0.05, 0) is 6.42 Å². The molecular weight excluding hydrogens is 167 g/mol. The van der Waals surface area contributed by atoms with Crippen LogP contribution in [-0.4, -0.2) is 47.9 Å². The maximum Gasteiger partial charge on any atom is 0.139 e. The molecule has 0 bridgehead atoms. The van der Waals surface area contributed by atoms with Crippen molar-refractivity contribution in [1.82, 2.24) is 0 Å². The van der Waals surface area contributed by atoms with Crippen LogP contribution < -0.4 is 0 Å². The predicted molar refractivity (Wildman–Crippen MR) is 55.8 cm³/mol. The Morgan fingerprint density at radius 2 is 1.77 bits per heavy atom. The van der Waals surface area contributed by atoms with Crippen LogP contribution in [0.15, 0.2) is 0 Å². The summed E-state index contributed by atoms with van der Waals surface area (Å²) in [6, 6.07) is 0.240. The van der Waals surface area contributed by atoms with Crippen molar-refractivity contribution in [3.05, 3.63) is 0 Å². The van der Waals surface area contributed by atoms with Gasteiger partial charge in [-0.15, -0.1) is 0 Å². The van der Waals surface area contributed by atoms with Gasteiger partial charge in [-0.1, -0.05) is 6.92 Å². The largest absolute Gasteiger partial charge is 0.390 e. The SMILES string of the molecule is B[C@@H](C[C@H](OC)C(C)COC)OC. The first-order chi connectivity index (χ1) is 6.15. The first kappa shape index (κ1) is 12.9. The summed E-state index contributed by atoms with van der Waals surface area (Å²) in [5.74, 6) is 0.410. The van der Waals surface area contributed by atoms with Crippen LogP contribution in [0.3, 0.4) is 0 Å². The van der Waals surface area contributed by atoms with Crippen LogP contribution in [-0.2, 0) is 14.2 Å². The van der Waals surface area contributed by atoms with Crippen molar-refractivity contribution in [2.75, 3.05) is 27.9 Å². The highest BCUT2D eigenvalue weighted by atomic mass is 16.5. The zero-order valence-corrected chi connectivity index (χ0v) is 9.37. The molecule has 3 nitrogen and oxygen atoms in total. The molecule has 0 aromatic carbocycles. The van der Waals surface area contributed by atoms with Crippen molar-refractivity contribution in [3.8, 4) is 0 Å². The Balaban J connectivity index is 3.86. The molecule has 0 aromatic rings. The van der Waals surface area contributed by atoms with Gasteiger partial charge in [0, 0.05) is 33.3 Å². The lowest BCUT2D eigenvalue weighted by Gasteiger charge is -2.24. The van der Waals surface area contributed by atoms with Crippen LogP contribution in [0.4, 0.5) is 0 Å². The summed E-state index contributed by atoms with van der Waals surface area (Å²) in [4.78, 5) is 0. The summed E-state index contributed by atoms with van der Waals surface area (Å²) in [5.41, 5.74) is 0. The Morgan fingerprint density at radius 3 is 2.15 bits per heavy atom. The van der Waals surface area contributed by atoms with Gasteiger partial charge >= 0.3 is 0 Å². The Kier molecular flexibility index (Phi) is 7.33. The lowest BCUT2D eigenvalue weighted by Crippen LogP contribution is -2.29. The minimum atomic E-state index is 0.217. The van der Waals surface area contributed by atoms with E-state index in [0.717, 1.165) is 13.0 Å². The van der Waals surface area contributed by atoms with E-state index in [0.29, 0.717) is 5.92 Å². The van der Waals surface area contributed by atoms with Crippen LogP contribution in [0.1, 0.15) is 13.3 Å². The standard InChI is InChI=1S/C9H21BO3/c1-7(6-11-2)8(12-3)5-9(10)13-4/h7-9H,5-6,10H2,1-4H3/t7?,8-,9+/m0/s1. The average Bonchev–Trinajstić information content (AvgIpc) is 2.14. The van der Waals surface area contributed by atoms with E-state index in [4.69, 9.17) is 14.2 Å². The van der Waals surface area contributed by atoms with E-state index in [1.54, 1.807) is 21.3 Å². The number of rotatable bonds is 7. The molecule has 3 atom stereocenters. The fraction of sp³-hybridized carbons (Fsp3) is 1.00. The number of hydrogen-bond acceptors (Lipinski definition) is 3. The van der Waals surface area contributed by atoms with Gasteiger partial charge in [0.1, 0.15) is 7.85 Å². The summed E-state index contributed by atoms with van der Waals surface area (Å²) >= 11 is 0. The summed E-state index contributed by atoms with van der Waals surface area (Å²) in [6.45, 7) is 2.86. The highest BCUT2D eigenvalue weighted by molar-refractivity contribution is 6.10. The van der Waals surface area contributed by atoms with Crippen molar-refractivity contribution < 1.29 is 14.2 Å². The highest BCUT2D eigenvalue weighted by Crippen LogP contribution is 2.13. The molecule has 0 amide bonds. The highest BCUT2D eigenvalue weighted by Gasteiger charge is 2.19. The van der Waals surface area contributed by atoms with Gasteiger partial charge < -0.3 is 14.2 Å². The molecule has 0 aliphatic rings. The fourth-order valence-corrected chi connectivity index (χ4v) is 1.35. The van der Waals surface area contributed by atoms with E-state index in [9.17, 15) is 0 Å². The molecular formula is C9H21BO3. The van der Waals surface area contributed by atoms with E-state index < -0.39 is 0 Å². The molecule has 0 fully saturated rings. The topological polar surface area (TPSA) is 27.7 Å².